The van der Waals surface area contributed by atoms with Gasteiger partial charge in [0.1, 0.15) is 5.69 Å². The van der Waals surface area contributed by atoms with Crippen LogP contribution in [0.25, 0.3) is 0 Å². The van der Waals surface area contributed by atoms with Crippen LogP contribution >= 0.6 is 0 Å². The molecule has 0 bridgehead atoms. The van der Waals surface area contributed by atoms with Crippen LogP contribution in [0.1, 0.15) is 22.9 Å². The molecule has 0 saturated carbocycles. The molecule has 0 radical (unpaired) electrons. The van der Waals surface area contributed by atoms with Gasteiger partial charge in [-0.3, -0.25) is 0 Å². The molecular formula is C16H21N3O2. The average Bonchev–Trinajstić information content (AvgIpc) is 2.52. The molecule has 112 valence electrons. The molecular weight excluding hydrogens is 266 g/mol. The molecule has 5 nitrogen and oxygen atoms in total. The molecule has 1 aromatic carbocycles. The van der Waals surface area contributed by atoms with E-state index in [0.717, 1.165) is 12.1 Å². The van der Waals surface area contributed by atoms with E-state index >= 15 is 0 Å². The highest BCUT2D eigenvalue weighted by Gasteiger charge is 2.19. The van der Waals surface area contributed by atoms with Crippen LogP contribution in [0, 0.1) is 6.92 Å². The van der Waals surface area contributed by atoms with Crippen molar-refractivity contribution in [1.29, 1.82) is 0 Å². The Morgan fingerprint density at radius 2 is 2.05 bits per heavy atom. The van der Waals surface area contributed by atoms with Crippen LogP contribution in [0.3, 0.4) is 0 Å². The number of aryl methyl sites for hydroxylation is 1. The van der Waals surface area contributed by atoms with Gasteiger partial charge in [0.2, 0.25) is 11.8 Å². The van der Waals surface area contributed by atoms with E-state index in [1.165, 1.54) is 11.1 Å². The Morgan fingerprint density at radius 3 is 2.67 bits per heavy atom. The molecule has 0 saturated heterocycles. The number of nitrogens with one attached hydrogen (secondary N) is 1. The van der Waals surface area contributed by atoms with Gasteiger partial charge in [-0.15, -0.1) is 0 Å². The van der Waals surface area contributed by atoms with Crippen LogP contribution in [0.5, 0.6) is 11.8 Å². The second-order valence-electron chi connectivity index (χ2n) is 4.84. The largest absolute Gasteiger partial charge is 0.480 e. The first-order valence-corrected chi connectivity index (χ1v) is 6.85. The lowest BCUT2D eigenvalue weighted by Gasteiger charge is -2.18. The molecule has 0 amide bonds. The van der Waals surface area contributed by atoms with Crippen molar-refractivity contribution in [2.24, 2.45) is 0 Å². The van der Waals surface area contributed by atoms with Crippen molar-refractivity contribution >= 4 is 0 Å². The molecule has 1 heterocycles. The number of rotatable bonds is 6. The summed E-state index contributed by atoms with van der Waals surface area (Å²) in [6.07, 6.45) is 2.42. The Balaban J connectivity index is 2.28. The Hall–Kier alpha value is -2.14. The van der Waals surface area contributed by atoms with Crippen molar-refractivity contribution in [3.63, 3.8) is 0 Å². The van der Waals surface area contributed by atoms with E-state index in [0.29, 0.717) is 11.8 Å². The van der Waals surface area contributed by atoms with Crippen LogP contribution < -0.4 is 14.8 Å². The van der Waals surface area contributed by atoms with E-state index in [1.807, 2.05) is 7.05 Å². The van der Waals surface area contributed by atoms with Crippen molar-refractivity contribution in [2.45, 2.75) is 19.4 Å². The second kappa shape index (κ2) is 7.04. The summed E-state index contributed by atoms with van der Waals surface area (Å²) in [5.74, 6) is 0.933. The fraction of sp³-hybridized carbons (Fsp3) is 0.375. The molecule has 1 atom stereocenters. The first-order chi connectivity index (χ1) is 10.2. The van der Waals surface area contributed by atoms with Crippen LogP contribution in [-0.4, -0.2) is 31.2 Å². The zero-order valence-electron chi connectivity index (χ0n) is 12.9. The summed E-state index contributed by atoms with van der Waals surface area (Å²) in [5.41, 5.74) is 3.27. The molecule has 2 rings (SSSR count). The van der Waals surface area contributed by atoms with Crippen molar-refractivity contribution < 1.29 is 9.47 Å². The minimum Gasteiger partial charge on any atom is -0.480 e. The van der Waals surface area contributed by atoms with Crippen molar-refractivity contribution in [3.05, 3.63) is 47.3 Å². The lowest BCUT2D eigenvalue weighted by Crippen LogP contribution is -2.21. The number of hydrogen-bond acceptors (Lipinski definition) is 5. The van der Waals surface area contributed by atoms with Gasteiger partial charge in [-0.05, 0) is 26.0 Å². The molecule has 1 aromatic heterocycles. The van der Waals surface area contributed by atoms with Gasteiger partial charge in [-0.25, -0.2) is 4.98 Å². The molecule has 5 heteroatoms. The fourth-order valence-electron chi connectivity index (χ4n) is 2.26. The highest BCUT2D eigenvalue weighted by atomic mass is 16.5. The summed E-state index contributed by atoms with van der Waals surface area (Å²) in [6.45, 7) is 2.09. The maximum absolute atomic E-state index is 5.34. The van der Waals surface area contributed by atoms with E-state index in [-0.39, 0.29) is 6.04 Å². The second-order valence-corrected chi connectivity index (χ2v) is 4.84. The molecule has 1 N–H and O–H groups in total. The van der Waals surface area contributed by atoms with Gasteiger partial charge >= 0.3 is 0 Å². The minimum atomic E-state index is 0.0279. The summed E-state index contributed by atoms with van der Waals surface area (Å²) in [6, 6.07) is 8.47. The van der Waals surface area contributed by atoms with Gasteiger partial charge in [0.15, 0.2) is 0 Å². The summed E-state index contributed by atoms with van der Waals surface area (Å²) >= 11 is 0. The molecule has 21 heavy (non-hydrogen) atoms. The smallest absolute Gasteiger partial charge is 0.240 e. The molecule has 0 spiro atoms. The van der Waals surface area contributed by atoms with Gasteiger partial charge in [-0.2, -0.15) is 4.98 Å². The van der Waals surface area contributed by atoms with E-state index in [9.17, 15) is 0 Å². The maximum Gasteiger partial charge on any atom is 0.240 e. The van der Waals surface area contributed by atoms with E-state index in [2.05, 4.69) is 46.5 Å². The summed E-state index contributed by atoms with van der Waals surface area (Å²) < 4.78 is 10.4. The van der Waals surface area contributed by atoms with Gasteiger partial charge in [0.05, 0.1) is 26.5 Å². The average molecular weight is 287 g/mol. The Labute approximate surface area is 125 Å². The number of benzene rings is 1. The van der Waals surface area contributed by atoms with Crippen LogP contribution in [0.15, 0.2) is 30.5 Å². The van der Waals surface area contributed by atoms with Crippen LogP contribution in [0.4, 0.5) is 0 Å². The number of likely N-dealkylation sites (N-methyl/N-ethyl adjacent to an activating group) is 1. The standard InChI is InChI=1S/C16H21N3O2/c1-11-6-5-7-12(8-11)9-13(17-2)15-16(21-4)19-14(20-3)10-18-15/h5-8,10,13,17H,9H2,1-4H3. The number of hydrogen-bond donors (Lipinski definition) is 1. The zero-order valence-corrected chi connectivity index (χ0v) is 12.9. The third kappa shape index (κ3) is 3.70. The van der Waals surface area contributed by atoms with Crippen LogP contribution in [0.2, 0.25) is 0 Å². The topological polar surface area (TPSA) is 56.3 Å². The maximum atomic E-state index is 5.34. The number of methoxy groups -OCH3 is 2. The number of nitrogens with zero attached hydrogens (tertiary/aromatic N) is 2. The Kier molecular flexibility index (Phi) is 5.11. The first-order valence-electron chi connectivity index (χ1n) is 6.85. The Bertz CT molecular complexity index is 602. The number of aromatic nitrogens is 2. The minimum absolute atomic E-state index is 0.0279. The summed E-state index contributed by atoms with van der Waals surface area (Å²) in [7, 11) is 5.06. The van der Waals surface area contributed by atoms with Crippen molar-refractivity contribution in [1.82, 2.24) is 15.3 Å². The molecule has 0 aliphatic carbocycles. The van der Waals surface area contributed by atoms with Gasteiger partial charge in [-0.1, -0.05) is 29.8 Å². The quantitative estimate of drug-likeness (QED) is 0.883. The van der Waals surface area contributed by atoms with Gasteiger partial charge < -0.3 is 14.8 Å². The molecule has 0 aliphatic heterocycles. The first kappa shape index (κ1) is 15.3. The highest BCUT2D eigenvalue weighted by molar-refractivity contribution is 5.29. The molecule has 1 unspecified atom stereocenters. The van der Waals surface area contributed by atoms with Crippen molar-refractivity contribution in [3.8, 4) is 11.8 Å². The molecule has 0 fully saturated rings. The Morgan fingerprint density at radius 1 is 1.24 bits per heavy atom. The van der Waals surface area contributed by atoms with Crippen molar-refractivity contribution in [2.75, 3.05) is 21.3 Å². The monoisotopic (exact) mass is 287 g/mol. The zero-order chi connectivity index (χ0) is 15.2. The third-order valence-electron chi connectivity index (χ3n) is 3.35. The highest BCUT2D eigenvalue weighted by Crippen LogP contribution is 2.25. The van der Waals surface area contributed by atoms with Gasteiger partial charge in [0, 0.05) is 0 Å². The van der Waals surface area contributed by atoms with Crippen LogP contribution in [-0.2, 0) is 6.42 Å². The van der Waals surface area contributed by atoms with E-state index in [1.54, 1.807) is 20.4 Å². The summed E-state index contributed by atoms with van der Waals surface area (Å²) in [5, 5.41) is 3.28. The SMILES string of the molecule is CNC(Cc1cccc(C)c1)c1ncc(OC)nc1OC. The lowest BCUT2D eigenvalue weighted by atomic mass is 10.0. The van der Waals surface area contributed by atoms with E-state index < -0.39 is 0 Å². The lowest BCUT2D eigenvalue weighted by molar-refractivity contribution is 0.350. The fourth-order valence-corrected chi connectivity index (χ4v) is 2.26. The van der Waals surface area contributed by atoms with Gasteiger partial charge in [0.25, 0.3) is 0 Å². The molecule has 2 aromatic rings. The van der Waals surface area contributed by atoms with E-state index in [4.69, 9.17) is 9.47 Å². The number of ether oxygens (including phenoxy) is 2. The molecule has 0 aliphatic rings. The predicted molar refractivity (Wildman–Crippen MR) is 81.8 cm³/mol. The summed E-state index contributed by atoms with van der Waals surface area (Å²) in [4.78, 5) is 8.73. The normalized spacial score (nSPS) is 12.0. The predicted octanol–water partition coefficient (Wildman–Crippen LogP) is 2.31. The third-order valence-corrected chi connectivity index (χ3v) is 3.35.